The van der Waals surface area contributed by atoms with Gasteiger partial charge in [0.2, 0.25) is 0 Å². The summed E-state index contributed by atoms with van der Waals surface area (Å²) in [5.74, 6) is -0.294. The summed E-state index contributed by atoms with van der Waals surface area (Å²) in [4.78, 5) is 0. The molecule has 0 atom stereocenters. The SMILES string of the molecule is CN.Fc1cccc(Cl)c1. The van der Waals surface area contributed by atoms with E-state index in [0.717, 1.165) is 0 Å². The normalized spacial score (nSPS) is 8.00. The molecule has 3 heteroatoms. The van der Waals surface area contributed by atoms with Crippen LogP contribution in [0.1, 0.15) is 0 Å². The summed E-state index contributed by atoms with van der Waals surface area (Å²) in [6.07, 6.45) is 0. The number of nitrogens with two attached hydrogens (primary N) is 1. The lowest BCUT2D eigenvalue weighted by atomic mass is 10.4. The van der Waals surface area contributed by atoms with Crippen LogP contribution in [0.4, 0.5) is 4.39 Å². The quantitative estimate of drug-likeness (QED) is 0.619. The first kappa shape index (κ1) is 9.40. The van der Waals surface area contributed by atoms with Crippen LogP contribution in [0, 0.1) is 5.82 Å². The fourth-order valence-electron chi connectivity index (χ4n) is 0.460. The molecule has 56 valence electrons. The molecule has 0 unspecified atom stereocenters. The van der Waals surface area contributed by atoms with Crippen molar-refractivity contribution in [2.45, 2.75) is 0 Å². The van der Waals surface area contributed by atoms with Gasteiger partial charge in [0.25, 0.3) is 0 Å². The van der Waals surface area contributed by atoms with Gasteiger partial charge in [-0.1, -0.05) is 17.7 Å². The first-order valence-electron chi connectivity index (χ1n) is 2.78. The van der Waals surface area contributed by atoms with Crippen LogP contribution in [0.25, 0.3) is 0 Å². The zero-order valence-corrected chi connectivity index (χ0v) is 6.40. The molecule has 0 bridgehead atoms. The second kappa shape index (κ2) is 5.21. The van der Waals surface area contributed by atoms with Crippen molar-refractivity contribution in [3.8, 4) is 0 Å². The van der Waals surface area contributed by atoms with E-state index in [4.69, 9.17) is 11.6 Å². The zero-order chi connectivity index (χ0) is 7.98. The minimum Gasteiger partial charge on any atom is -0.333 e. The molecule has 0 saturated carbocycles. The Morgan fingerprint density at radius 2 is 2.00 bits per heavy atom. The van der Waals surface area contributed by atoms with Gasteiger partial charge in [-0.15, -0.1) is 0 Å². The number of rotatable bonds is 0. The lowest BCUT2D eigenvalue weighted by Gasteiger charge is -1.85. The van der Waals surface area contributed by atoms with Gasteiger partial charge < -0.3 is 5.73 Å². The maximum absolute atomic E-state index is 12.1. The first-order valence-corrected chi connectivity index (χ1v) is 3.15. The van der Waals surface area contributed by atoms with Crippen molar-refractivity contribution in [2.75, 3.05) is 7.05 Å². The van der Waals surface area contributed by atoms with E-state index in [9.17, 15) is 4.39 Å². The van der Waals surface area contributed by atoms with Crippen LogP contribution in [0.15, 0.2) is 24.3 Å². The Kier molecular flexibility index (Phi) is 4.89. The monoisotopic (exact) mass is 161 g/mol. The highest BCUT2D eigenvalue weighted by atomic mass is 35.5. The van der Waals surface area contributed by atoms with E-state index in [1.165, 1.54) is 19.2 Å². The molecular weight excluding hydrogens is 153 g/mol. The Morgan fingerprint density at radius 1 is 1.40 bits per heavy atom. The van der Waals surface area contributed by atoms with E-state index in [1.807, 2.05) is 0 Å². The van der Waals surface area contributed by atoms with E-state index in [-0.39, 0.29) is 5.82 Å². The predicted octanol–water partition coefficient (Wildman–Crippen LogP) is 2.05. The summed E-state index contributed by atoms with van der Waals surface area (Å²) in [6, 6.07) is 5.82. The number of benzene rings is 1. The molecule has 1 rings (SSSR count). The molecular formula is C7H9ClFN. The van der Waals surface area contributed by atoms with Gasteiger partial charge in [0.15, 0.2) is 0 Å². The minimum atomic E-state index is -0.294. The van der Waals surface area contributed by atoms with Crippen LogP contribution in [0.2, 0.25) is 5.02 Å². The van der Waals surface area contributed by atoms with Crippen molar-refractivity contribution < 1.29 is 4.39 Å². The molecule has 0 aliphatic heterocycles. The highest BCUT2D eigenvalue weighted by Gasteiger charge is 1.86. The van der Waals surface area contributed by atoms with E-state index in [0.29, 0.717) is 5.02 Å². The van der Waals surface area contributed by atoms with Crippen LogP contribution in [0.5, 0.6) is 0 Å². The topological polar surface area (TPSA) is 26.0 Å². The second-order valence-electron chi connectivity index (χ2n) is 1.44. The maximum Gasteiger partial charge on any atom is 0.124 e. The van der Waals surface area contributed by atoms with Gasteiger partial charge in [-0.2, -0.15) is 0 Å². The van der Waals surface area contributed by atoms with Crippen LogP contribution in [-0.4, -0.2) is 7.05 Å². The van der Waals surface area contributed by atoms with Gasteiger partial charge in [-0.3, -0.25) is 0 Å². The van der Waals surface area contributed by atoms with E-state index in [1.54, 1.807) is 12.1 Å². The van der Waals surface area contributed by atoms with Crippen LogP contribution >= 0.6 is 11.6 Å². The maximum atomic E-state index is 12.1. The van der Waals surface area contributed by atoms with Gasteiger partial charge >= 0.3 is 0 Å². The Morgan fingerprint density at radius 3 is 2.30 bits per heavy atom. The highest BCUT2D eigenvalue weighted by Crippen LogP contribution is 2.07. The van der Waals surface area contributed by atoms with Crippen LogP contribution in [0.3, 0.4) is 0 Å². The van der Waals surface area contributed by atoms with Crippen molar-refractivity contribution in [1.82, 2.24) is 0 Å². The molecule has 0 amide bonds. The van der Waals surface area contributed by atoms with E-state index in [2.05, 4.69) is 5.73 Å². The molecule has 0 spiro atoms. The molecule has 2 N–H and O–H groups in total. The highest BCUT2D eigenvalue weighted by molar-refractivity contribution is 6.30. The molecule has 0 fully saturated rings. The second-order valence-corrected chi connectivity index (χ2v) is 1.88. The van der Waals surface area contributed by atoms with Gasteiger partial charge in [-0.25, -0.2) is 4.39 Å². The van der Waals surface area contributed by atoms with Gasteiger partial charge in [0.1, 0.15) is 5.82 Å². The molecule has 0 aliphatic carbocycles. The Bertz CT molecular complexity index is 173. The third-order valence-electron chi connectivity index (χ3n) is 0.787. The predicted molar refractivity (Wildman–Crippen MR) is 41.5 cm³/mol. The van der Waals surface area contributed by atoms with Gasteiger partial charge in [-0.05, 0) is 25.2 Å². The summed E-state index contributed by atoms with van der Waals surface area (Å²) in [5.41, 5.74) is 4.50. The molecule has 0 saturated heterocycles. The lowest BCUT2D eigenvalue weighted by molar-refractivity contribution is 0.628. The van der Waals surface area contributed by atoms with E-state index < -0.39 is 0 Å². The average Bonchev–Trinajstić information content (AvgIpc) is 1.91. The van der Waals surface area contributed by atoms with Crippen molar-refractivity contribution in [1.29, 1.82) is 0 Å². The Balaban J connectivity index is 0.000000371. The third-order valence-corrected chi connectivity index (χ3v) is 1.02. The number of hydrogen-bond acceptors (Lipinski definition) is 1. The van der Waals surface area contributed by atoms with Gasteiger partial charge in [0, 0.05) is 5.02 Å². The first-order chi connectivity index (χ1) is 4.79. The molecule has 0 aliphatic rings. The summed E-state index contributed by atoms with van der Waals surface area (Å²) in [6.45, 7) is 0. The molecule has 0 radical (unpaired) electrons. The lowest BCUT2D eigenvalue weighted by Crippen LogP contribution is -1.69. The van der Waals surface area contributed by atoms with Crippen molar-refractivity contribution >= 4 is 11.6 Å². The molecule has 1 nitrogen and oxygen atoms in total. The smallest absolute Gasteiger partial charge is 0.124 e. The Hall–Kier alpha value is -0.600. The summed E-state index contributed by atoms with van der Waals surface area (Å²) in [7, 11) is 1.50. The molecule has 0 heterocycles. The molecule has 0 aromatic heterocycles. The molecule has 10 heavy (non-hydrogen) atoms. The summed E-state index contributed by atoms with van der Waals surface area (Å²) in [5, 5.41) is 0.435. The summed E-state index contributed by atoms with van der Waals surface area (Å²) < 4.78 is 12.1. The minimum absolute atomic E-state index is 0.294. The third kappa shape index (κ3) is 3.43. The fraction of sp³-hybridized carbons (Fsp3) is 0.143. The summed E-state index contributed by atoms with van der Waals surface area (Å²) >= 11 is 5.40. The largest absolute Gasteiger partial charge is 0.333 e. The number of halogens is 2. The Labute approximate surface area is 64.6 Å². The molecule has 1 aromatic carbocycles. The van der Waals surface area contributed by atoms with Crippen molar-refractivity contribution in [3.63, 3.8) is 0 Å². The van der Waals surface area contributed by atoms with Crippen LogP contribution in [-0.2, 0) is 0 Å². The zero-order valence-electron chi connectivity index (χ0n) is 5.64. The number of hydrogen-bond donors (Lipinski definition) is 1. The van der Waals surface area contributed by atoms with E-state index >= 15 is 0 Å². The van der Waals surface area contributed by atoms with Crippen LogP contribution < -0.4 is 5.73 Å². The van der Waals surface area contributed by atoms with Crippen molar-refractivity contribution in [3.05, 3.63) is 35.1 Å². The standard InChI is InChI=1S/C6H4ClF.CH5N/c7-5-2-1-3-6(8)4-5;1-2/h1-4H;2H2,1H3. The fourth-order valence-corrected chi connectivity index (χ4v) is 0.637. The van der Waals surface area contributed by atoms with Gasteiger partial charge in [0.05, 0.1) is 0 Å². The molecule has 1 aromatic rings. The van der Waals surface area contributed by atoms with Crippen molar-refractivity contribution in [2.24, 2.45) is 5.73 Å². The average molecular weight is 162 g/mol.